The molecule has 1 saturated carbocycles. The number of aryl methyl sites for hydroxylation is 1. The van der Waals surface area contributed by atoms with Crippen LogP contribution in [0.1, 0.15) is 26.1 Å². The third kappa shape index (κ3) is 2.37. The Kier molecular flexibility index (Phi) is 2.75. The fourth-order valence-electron chi connectivity index (χ4n) is 1.57. The van der Waals surface area contributed by atoms with E-state index in [9.17, 15) is 0 Å². The highest BCUT2D eigenvalue weighted by molar-refractivity contribution is 5.48. The van der Waals surface area contributed by atoms with Crippen molar-refractivity contribution in [2.24, 2.45) is 5.92 Å². The van der Waals surface area contributed by atoms with Gasteiger partial charge in [-0.3, -0.25) is 0 Å². The van der Waals surface area contributed by atoms with Gasteiger partial charge in [-0.15, -0.1) is 0 Å². The molecule has 0 bridgehead atoms. The van der Waals surface area contributed by atoms with Gasteiger partial charge in [0.25, 0.3) is 0 Å². The van der Waals surface area contributed by atoms with Crippen molar-refractivity contribution in [2.45, 2.75) is 32.7 Å². The fourth-order valence-corrected chi connectivity index (χ4v) is 1.57. The van der Waals surface area contributed by atoms with E-state index in [1.54, 1.807) is 0 Å². The molecule has 1 aromatic heterocycles. The molecule has 4 heteroatoms. The first-order valence-electron chi connectivity index (χ1n) is 5.55. The van der Waals surface area contributed by atoms with Crippen LogP contribution in [-0.2, 0) is 6.42 Å². The third-order valence-corrected chi connectivity index (χ3v) is 2.79. The predicted octanol–water partition coefficient (Wildman–Crippen LogP) is 1.90. The van der Waals surface area contributed by atoms with Crippen LogP contribution < -0.4 is 10.6 Å². The summed E-state index contributed by atoms with van der Waals surface area (Å²) in [7, 11) is 1.88. The molecule has 0 saturated heterocycles. The molecule has 1 aliphatic carbocycles. The highest BCUT2D eigenvalue weighted by Gasteiger charge is 2.32. The molecule has 4 nitrogen and oxygen atoms in total. The first kappa shape index (κ1) is 10.2. The monoisotopic (exact) mass is 206 g/mol. The molecular weight excluding hydrogens is 188 g/mol. The summed E-state index contributed by atoms with van der Waals surface area (Å²) in [5.74, 6) is 3.50. The minimum Gasteiger partial charge on any atom is -0.373 e. The zero-order chi connectivity index (χ0) is 10.8. The summed E-state index contributed by atoms with van der Waals surface area (Å²) >= 11 is 0. The van der Waals surface area contributed by atoms with Gasteiger partial charge in [0.15, 0.2) is 0 Å². The van der Waals surface area contributed by atoms with Gasteiger partial charge in [-0.2, -0.15) is 0 Å². The van der Waals surface area contributed by atoms with Gasteiger partial charge in [-0.1, -0.05) is 13.8 Å². The standard InChI is InChI=1S/C11H18N4/c1-4-9-14-10(12-3)6-11(15-9)13-8-5-7(8)2/h6-8H,4-5H2,1-3H3,(H2,12,13,14,15). The molecular formula is C11H18N4. The zero-order valence-corrected chi connectivity index (χ0v) is 9.54. The number of hydrogen-bond donors (Lipinski definition) is 2. The average Bonchev–Trinajstić information content (AvgIpc) is 2.93. The molecule has 1 aliphatic rings. The van der Waals surface area contributed by atoms with Crippen molar-refractivity contribution in [3.05, 3.63) is 11.9 Å². The van der Waals surface area contributed by atoms with Crippen LogP contribution in [0.25, 0.3) is 0 Å². The maximum absolute atomic E-state index is 4.45. The summed E-state index contributed by atoms with van der Waals surface area (Å²) in [5, 5.41) is 6.48. The van der Waals surface area contributed by atoms with E-state index < -0.39 is 0 Å². The minimum absolute atomic E-state index is 0.606. The maximum atomic E-state index is 4.45. The Morgan fingerprint density at radius 2 is 2.07 bits per heavy atom. The highest BCUT2D eigenvalue weighted by Crippen LogP contribution is 2.32. The third-order valence-electron chi connectivity index (χ3n) is 2.79. The van der Waals surface area contributed by atoms with E-state index in [0.29, 0.717) is 6.04 Å². The second kappa shape index (κ2) is 4.04. The van der Waals surface area contributed by atoms with E-state index in [-0.39, 0.29) is 0 Å². The Morgan fingerprint density at radius 3 is 2.60 bits per heavy atom. The molecule has 2 N–H and O–H groups in total. The first-order chi connectivity index (χ1) is 7.22. The Balaban J connectivity index is 2.14. The lowest BCUT2D eigenvalue weighted by Crippen LogP contribution is -2.08. The highest BCUT2D eigenvalue weighted by atomic mass is 15.1. The van der Waals surface area contributed by atoms with Gasteiger partial charge in [0.2, 0.25) is 0 Å². The second-order valence-electron chi connectivity index (χ2n) is 4.12. The van der Waals surface area contributed by atoms with E-state index in [1.807, 2.05) is 13.1 Å². The van der Waals surface area contributed by atoms with Gasteiger partial charge < -0.3 is 10.6 Å². The van der Waals surface area contributed by atoms with Crippen molar-refractivity contribution < 1.29 is 0 Å². The molecule has 0 radical (unpaired) electrons. The van der Waals surface area contributed by atoms with Crippen LogP contribution in [-0.4, -0.2) is 23.1 Å². The van der Waals surface area contributed by atoms with Gasteiger partial charge >= 0.3 is 0 Å². The summed E-state index contributed by atoms with van der Waals surface area (Å²) in [5.41, 5.74) is 0. The van der Waals surface area contributed by atoms with Gasteiger partial charge in [-0.05, 0) is 12.3 Å². The SMILES string of the molecule is CCc1nc(NC)cc(NC2CC2C)n1. The molecule has 1 heterocycles. The van der Waals surface area contributed by atoms with Crippen molar-refractivity contribution in [1.82, 2.24) is 9.97 Å². The molecule has 82 valence electrons. The summed E-state index contributed by atoms with van der Waals surface area (Å²) in [6, 6.07) is 2.57. The Bertz CT molecular complexity index is 328. The maximum Gasteiger partial charge on any atom is 0.132 e. The molecule has 0 spiro atoms. The number of hydrogen-bond acceptors (Lipinski definition) is 4. The summed E-state index contributed by atoms with van der Waals surface area (Å²) in [6.45, 7) is 4.32. The fraction of sp³-hybridized carbons (Fsp3) is 0.636. The smallest absolute Gasteiger partial charge is 0.132 e. The molecule has 0 amide bonds. The second-order valence-corrected chi connectivity index (χ2v) is 4.12. The molecule has 1 fully saturated rings. The largest absolute Gasteiger partial charge is 0.373 e. The molecule has 0 aliphatic heterocycles. The van der Waals surface area contributed by atoms with E-state index in [1.165, 1.54) is 6.42 Å². The van der Waals surface area contributed by atoms with E-state index >= 15 is 0 Å². The molecule has 2 unspecified atom stereocenters. The minimum atomic E-state index is 0.606. The lowest BCUT2D eigenvalue weighted by molar-refractivity contribution is 0.902. The van der Waals surface area contributed by atoms with Crippen molar-refractivity contribution in [3.63, 3.8) is 0 Å². The summed E-state index contributed by atoms with van der Waals surface area (Å²) in [6.07, 6.45) is 2.12. The number of nitrogens with zero attached hydrogens (tertiary/aromatic N) is 2. The normalized spacial score (nSPS) is 23.7. The number of anilines is 2. The van der Waals surface area contributed by atoms with E-state index in [0.717, 1.165) is 29.8 Å². The Hall–Kier alpha value is -1.32. The van der Waals surface area contributed by atoms with Crippen molar-refractivity contribution >= 4 is 11.6 Å². The van der Waals surface area contributed by atoms with Crippen LogP contribution in [0.2, 0.25) is 0 Å². The van der Waals surface area contributed by atoms with Crippen LogP contribution in [0.3, 0.4) is 0 Å². The van der Waals surface area contributed by atoms with Crippen molar-refractivity contribution in [3.8, 4) is 0 Å². The van der Waals surface area contributed by atoms with Crippen molar-refractivity contribution in [2.75, 3.05) is 17.7 Å². The lowest BCUT2D eigenvalue weighted by atomic mass is 10.4. The lowest BCUT2D eigenvalue weighted by Gasteiger charge is -2.08. The van der Waals surface area contributed by atoms with Gasteiger partial charge in [0, 0.05) is 25.6 Å². The van der Waals surface area contributed by atoms with Crippen LogP contribution in [0.4, 0.5) is 11.6 Å². The summed E-state index contributed by atoms with van der Waals surface area (Å²) in [4.78, 5) is 8.81. The number of aromatic nitrogens is 2. The van der Waals surface area contributed by atoms with E-state index in [2.05, 4.69) is 34.4 Å². The van der Waals surface area contributed by atoms with E-state index in [4.69, 9.17) is 0 Å². The molecule has 15 heavy (non-hydrogen) atoms. The average molecular weight is 206 g/mol. The number of rotatable bonds is 4. The van der Waals surface area contributed by atoms with Gasteiger partial charge in [0.1, 0.15) is 17.5 Å². The zero-order valence-electron chi connectivity index (χ0n) is 9.54. The molecule has 2 atom stereocenters. The molecule has 2 rings (SSSR count). The van der Waals surface area contributed by atoms with Gasteiger partial charge in [0.05, 0.1) is 0 Å². The topological polar surface area (TPSA) is 49.8 Å². The molecule has 1 aromatic rings. The quantitative estimate of drug-likeness (QED) is 0.790. The van der Waals surface area contributed by atoms with Crippen LogP contribution in [0.5, 0.6) is 0 Å². The summed E-state index contributed by atoms with van der Waals surface area (Å²) < 4.78 is 0. The number of nitrogens with one attached hydrogen (secondary N) is 2. The van der Waals surface area contributed by atoms with Gasteiger partial charge in [-0.25, -0.2) is 9.97 Å². The predicted molar refractivity (Wildman–Crippen MR) is 62.1 cm³/mol. The van der Waals surface area contributed by atoms with Crippen LogP contribution in [0, 0.1) is 5.92 Å². The van der Waals surface area contributed by atoms with Crippen LogP contribution in [0.15, 0.2) is 6.07 Å². The Morgan fingerprint density at radius 1 is 1.40 bits per heavy atom. The Labute approximate surface area is 90.5 Å². The van der Waals surface area contributed by atoms with Crippen molar-refractivity contribution in [1.29, 1.82) is 0 Å². The first-order valence-corrected chi connectivity index (χ1v) is 5.55. The molecule has 0 aromatic carbocycles. The van der Waals surface area contributed by atoms with Crippen LogP contribution >= 0.6 is 0 Å².